The van der Waals surface area contributed by atoms with Crippen molar-refractivity contribution in [2.45, 2.75) is 19.8 Å². The van der Waals surface area contributed by atoms with Gasteiger partial charge in [-0.05, 0) is 15.9 Å². The van der Waals surface area contributed by atoms with Gasteiger partial charge >= 0.3 is 0 Å². The van der Waals surface area contributed by atoms with Crippen LogP contribution >= 0.6 is 15.9 Å². The Bertz CT molecular complexity index is 288. The highest BCUT2D eigenvalue weighted by atomic mass is 79.9. The van der Waals surface area contributed by atoms with E-state index in [-0.39, 0.29) is 0 Å². The smallest absolute Gasteiger partial charge is 0.128 e. The van der Waals surface area contributed by atoms with Crippen LogP contribution in [-0.4, -0.2) is 16.3 Å². The molecule has 4 heteroatoms. The van der Waals surface area contributed by atoms with Gasteiger partial charge in [-0.3, -0.25) is 0 Å². The minimum Gasteiger partial charge on any atom is -0.303 e. The number of halogens is 1. The molecule has 0 radical (unpaired) electrons. The molecule has 0 amide bonds. The van der Waals surface area contributed by atoms with Gasteiger partial charge in [0, 0.05) is 19.0 Å². The molecular weight excluding hydrogens is 220 g/mol. The van der Waals surface area contributed by atoms with Gasteiger partial charge in [-0.25, -0.2) is 9.97 Å². The topological polar surface area (TPSA) is 42.9 Å². The number of aryl methyl sites for hydroxylation is 1. The van der Waals surface area contributed by atoms with E-state index in [0.29, 0.717) is 6.42 Å². The quantitative estimate of drug-likeness (QED) is 0.738. The summed E-state index contributed by atoms with van der Waals surface area (Å²) < 4.78 is 0.798. The predicted octanol–water partition coefficient (Wildman–Crippen LogP) is 1.54. The van der Waals surface area contributed by atoms with Gasteiger partial charge in [-0.15, -0.1) is 0 Å². The summed E-state index contributed by atoms with van der Waals surface area (Å²) in [6, 6.07) is 0. The summed E-state index contributed by atoms with van der Waals surface area (Å²) in [7, 11) is 0. The van der Waals surface area contributed by atoms with Gasteiger partial charge in [0.25, 0.3) is 0 Å². The van der Waals surface area contributed by atoms with Gasteiger partial charge in [0.05, 0.1) is 10.2 Å². The lowest BCUT2D eigenvalue weighted by Gasteiger charge is -2.00. The Hall–Kier alpha value is -0.770. The Kier molecular flexibility index (Phi) is 3.34. The summed E-state index contributed by atoms with van der Waals surface area (Å²) in [5, 5.41) is 0. The minimum atomic E-state index is 0.343. The van der Waals surface area contributed by atoms with Crippen molar-refractivity contribution in [3.8, 4) is 0 Å². The van der Waals surface area contributed by atoms with E-state index >= 15 is 0 Å². The lowest BCUT2D eigenvalue weighted by Crippen LogP contribution is -1.99. The van der Waals surface area contributed by atoms with Crippen LogP contribution in [-0.2, 0) is 17.6 Å². The van der Waals surface area contributed by atoms with E-state index in [1.165, 1.54) is 0 Å². The first-order valence-electron chi connectivity index (χ1n) is 3.71. The largest absolute Gasteiger partial charge is 0.303 e. The zero-order valence-electron chi connectivity index (χ0n) is 6.75. The average Bonchev–Trinajstić information content (AvgIpc) is 2.09. The first kappa shape index (κ1) is 9.32. The van der Waals surface area contributed by atoms with Crippen LogP contribution in [0.15, 0.2) is 10.7 Å². The molecule has 1 aromatic rings. The van der Waals surface area contributed by atoms with Crippen molar-refractivity contribution in [1.82, 2.24) is 9.97 Å². The molecule has 0 aliphatic rings. The average molecular weight is 229 g/mol. The molecule has 0 bridgehead atoms. The maximum atomic E-state index is 10.2. The fraction of sp³-hybridized carbons (Fsp3) is 0.375. The van der Waals surface area contributed by atoms with Crippen LogP contribution in [0.3, 0.4) is 0 Å². The van der Waals surface area contributed by atoms with Crippen molar-refractivity contribution in [2.24, 2.45) is 0 Å². The second kappa shape index (κ2) is 4.30. The highest BCUT2D eigenvalue weighted by Gasteiger charge is 2.02. The van der Waals surface area contributed by atoms with Crippen LogP contribution in [0.25, 0.3) is 0 Å². The zero-order valence-corrected chi connectivity index (χ0v) is 8.34. The standard InChI is InChI=1S/C8H9BrN2O/c1-2-8-10-5-6(9)7(11-8)3-4-12/h4-5H,2-3H2,1H3. The number of nitrogens with zero attached hydrogens (tertiary/aromatic N) is 2. The Labute approximate surface area is 79.4 Å². The number of aldehydes is 1. The Morgan fingerprint density at radius 3 is 3.00 bits per heavy atom. The molecule has 64 valence electrons. The van der Waals surface area contributed by atoms with E-state index in [1.54, 1.807) is 6.20 Å². The molecule has 0 saturated heterocycles. The third kappa shape index (κ3) is 2.11. The second-order valence-corrected chi connectivity index (χ2v) is 3.16. The van der Waals surface area contributed by atoms with Crippen LogP contribution in [0.4, 0.5) is 0 Å². The van der Waals surface area contributed by atoms with Crippen molar-refractivity contribution < 1.29 is 4.79 Å². The molecule has 0 aromatic carbocycles. The molecule has 1 aromatic heterocycles. The maximum absolute atomic E-state index is 10.2. The molecule has 0 aliphatic heterocycles. The fourth-order valence-electron chi connectivity index (χ4n) is 0.836. The van der Waals surface area contributed by atoms with Gasteiger partial charge in [-0.1, -0.05) is 6.92 Å². The third-order valence-electron chi connectivity index (χ3n) is 1.46. The lowest BCUT2D eigenvalue weighted by atomic mass is 10.3. The zero-order chi connectivity index (χ0) is 8.97. The second-order valence-electron chi connectivity index (χ2n) is 2.31. The van der Waals surface area contributed by atoms with Crippen LogP contribution < -0.4 is 0 Å². The first-order valence-corrected chi connectivity index (χ1v) is 4.51. The normalized spacial score (nSPS) is 9.83. The summed E-state index contributed by atoms with van der Waals surface area (Å²) in [5.74, 6) is 0.773. The molecule has 3 nitrogen and oxygen atoms in total. The number of carbonyl (C=O) groups is 1. The summed E-state index contributed by atoms with van der Waals surface area (Å²) in [4.78, 5) is 18.5. The Morgan fingerprint density at radius 2 is 2.42 bits per heavy atom. The van der Waals surface area contributed by atoms with Crippen molar-refractivity contribution in [1.29, 1.82) is 0 Å². The van der Waals surface area contributed by atoms with E-state index in [2.05, 4.69) is 25.9 Å². The highest BCUT2D eigenvalue weighted by molar-refractivity contribution is 9.10. The van der Waals surface area contributed by atoms with Crippen molar-refractivity contribution >= 4 is 22.2 Å². The number of hydrogen-bond acceptors (Lipinski definition) is 3. The van der Waals surface area contributed by atoms with Crippen LogP contribution in [0.1, 0.15) is 18.4 Å². The van der Waals surface area contributed by atoms with Crippen LogP contribution in [0, 0.1) is 0 Å². The minimum absolute atomic E-state index is 0.343. The molecule has 0 aliphatic carbocycles. The fourth-order valence-corrected chi connectivity index (χ4v) is 1.19. The number of aromatic nitrogens is 2. The predicted molar refractivity (Wildman–Crippen MR) is 48.9 cm³/mol. The maximum Gasteiger partial charge on any atom is 0.128 e. The molecule has 0 atom stereocenters. The summed E-state index contributed by atoms with van der Waals surface area (Å²) >= 11 is 3.28. The molecule has 0 saturated carbocycles. The Morgan fingerprint density at radius 1 is 1.67 bits per heavy atom. The van der Waals surface area contributed by atoms with Gasteiger partial charge in [0.2, 0.25) is 0 Å². The SMILES string of the molecule is CCc1ncc(Br)c(CC=O)n1. The summed E-state index contributed by atoms with van der Waals surface area (Å²) in [5.41, 5.74) is 0.761. The summed E-state index contributed by atoms with van der Waals surface area (Å²) in [6.45, 7) is 1.98. The Balaban J connectivity index is 2.99. The third-order valence-corrected chi connectivity index (χ3v) is 2.12. The van der Waals surface area contributed by atoms with Gasteiger partial charge in [0.1, 0.15) is 12.1 Å². The van der Waals surface area contributed by atoms with E-state index in [1.807, 2.05) is 6.92 Å². The van der Waals surface area contributed by atoms with Gasteiger partial charge in [-0.2, -0.15) is 0 Å². The van der Waals surface area contributed by atoms with Crippen LogP contribution in [0.2, 0.25) is 0 Å². The monoisotopic (exact) mass is 228 g/mol. The van der Waals surface area contributed by atoms with E-state index in [0.717, 1.165) is 28.7 Å². The molecule has 0 spiro atoms. The van der Waals surface area contributed by atoms with E-state index < -0.39 is 0 Å². The van der Waals surface area contributed by atoms with E-state index in [4.69, 9.17) is 0 Å². The van der Waals surface area contributed by atoms with Crippen molar-refractivity contribution in [3.63, 3.8) is 0 Å². The molecule has 1 rings (SSSR count). The summed E-state index contributed by atoms with van der Waals surface area (Å²) in [6.07, 6.45) is 3.66. The number of rotatable bonds is 3. The molecule has 0 N–H and O–H groups in total. The number of carbonyl (C=O) groups excluding carboxylic acids is 1. The van der Waals surface area contributed by atoms with Crippen molar-refractivity contribution in [3.05, 3.63) is 22.2 Å². The molecular formula is C8H9BrN2O. The van der Waals surface area contributed by atoms with E-state index in [9.17, 15) is 4.79 Å². The highest BCUT2D eigenvalue weighted by Crippen LogP contribution is 2.13. The molecule has 12 heavy (non-hydrogen) atoms. The number of hydrogen-bond donors (Lipinski definition) is 0. The van der Waals surface area contributed by atoms with Crippen LogP contribution in [0.5, 0.6) is 0 Å². The van der Waals surface area contributed by atoms with Gasteiger partial charge < -0.3 is 4.79 Å². The lowest BCUT2D eigenvalue weighted by molar-refractivity contribution is -0.107. The molecule has 0 fully saturated rings. The van der Waals surface area contributed by atoms with Crippen molar-refractivity contribution in [2.75, 3.05) is 0 Å². The first-order chi connectivity index (χ1) is 5.77. The molecule has 1 heterocycles. The van der Waals surface area contributed by atoms with Gasteiger partial charge in [0.15, 0.2) is 0 Å². The molecule has 0 unspecified atom stereocenters.